The lowest BCUT2D eigenvalue weighted by Crippen LogP contribution is -2.52. The zero-order chi connectivity index (χ0) is 32.4. The summed E-state index contributed by atoms with van der Waals surface area (Å²) in [5, 5.41) is 2.84. The SMILES string of the molecule is CCOc1ccc(N(CC(=O)N(Cc2cccc(OC)c2)[C@@H](C)C(=O)NC(C)C)S(=O)(=O)c2ccc(OC)c(OC)c2)cc1. The van der Waals surface area contributed by atoms with Crippen LogP contribution in [0.15, 0.2) is 71.6 Å². The molecule has 0 aromatic heterocycles. The highest BCUT2D eigenvalue weighted by Gasteiger charge is 2.33. The van der Waals surface area contributed by atoms with Crippen LogP contribution < -0.4 is 28.6 Å². The average Bonchev–Trinajstić information content (AvgIpc) is 3.01. The second kappa shape index (κ2) is 15.3. The molecule has 12 heteroatoms. The Balaban J connectivity index is 2.09. The van der Waals surface area contributed by atoms with Crippen LogP contribution in [0.4, 0.5) is 5.69 Å². The molecule has 238 valence electrons. The molecule has 0 unspecified atom stereocenters. The van der Waals surface area contributed by atoms with Crippen molar-refractivity contribution in [2.45, 2.75) is 51.2 Å². The largest absolute Gasteiger partial charge is 0.497 e. The summed E-state index contributed by atoms with van der Waals surface area (Å²) < 4.78 is 50.9. The molecule has 0 radical (unpaired) electrons. The van der Waals surface area contributed by atoms with Crippen LogP contribution in [0, 0.1) is 0 Å². The van der Waals surface area contributed by atoms with Gasteiger partial charge in [0.15, 0.2) is 11.5 Å². The van der Waals surface area contributed by atoms with Gasteiger partial charge in [0.1, 0.15) is 24.1 Å². The van der Waals surface area contributed by atoms with E-state index in [-0.39, 0.29) is 34.8 Å². The number of sulfonamides is 1. The predicted molar refractivity (Wildman–Crippen MR) is 168 cm³/mol. The quantitative estimate of drug-likeness (QED) is 0.265. The second-order valence-electron chi connectivity index (χ2n) is 10.2. The Morgan fingerprint density at radius 1 is 0.841 bits per heavy atom. The summed E-state index contributed by atoms with van der Waals surface area (Å²) in [5.41, 5.74) is 0.939. The number of benzene rings is 3. The molecule has 0 spiro atoms. The zero-order valence-electron chi connectivity index (χ0n) is 26.2. The number of ether oxygens (including phenoxy) is 4. The van der Waals surface area contributed by atoms with Crippen LogP contribution in [0.3, 0.4) is 0 Å². The van der Waals surface area contributed by atoms with Gasteiger partial charge in [0.2, 0.25) is 11.8 Å². The molecular weight excluding hydrogens is 586 g/mol. The fraction of sp³-hybridized carbons (Fsp3) is 0.375. The van der Waals surface area contributed by atoms with E-state index < -0.39 is 28.5 Å². The highest BCUT2D eigenvalue weighted by atomic mass is 32.2. The van der Waals surface area contributed by atoms with E-state index in [4.69, 9.17) is 18.9 Å². The molecule has 44 heavy (non-hydrogen) atoms. The molecule has 0 heterocycles. The first-order valence-electron chi connectivity index (χ1n) is 14.2. The number of nitrogens with zero attached hydrogens (tertiary/aromatic N) is 2. The van der Waals surface area contributed by atoms with Crippen molar-refractivity contribution < 1.29 is 37.0 Å². The summed E-state index contributed by atoms with van der Waals surface area (Å²) >= 11 is 0. The van der Waals surface area contributed by atoms with Crippen LogP contribution in [0.5, 0.6) is 23.0 Å². The molecular formula is C32H41N3O8S. The molecule has 0 aliphatic heterocycles. The number of hydrogen-bond acceptors (Lipinski definition) is 8. The molecule has 0 bridgehead atoms. The Kier molecular flexibility index (Phi) is 11.9. The number of nitrogens with one attached hydrogen (secondary N) is 1. The Morgan fingerprint density at radius 2 is 1.52 bits per heavy atom. The van der Waals surface area contributed by atoms with Crippen molar-refractivity contribution in [2.75, 3.05) is 38.8 Å². The minimum atomic E-state index is -4.32. The van der Waals surface area contributed by atoms with Crippen LogP contribution >= 0.6 is 0 Å². The van der Waals surface area contributed by atoms with Crippen LogP contribution in [0.25, 0.3) is 0 Å². The summed E-state index contributed by atoms with van der Waals surface area (Å²) in [5.74, 6) is 0.740. The van der Waals surface area contributed by atoms with E-state index in [1.807, 2.05) is 20.8 Å². The van der Waals surface area contributed by atoms with Crippen molar-refractivity contribution in [1.29, 1.82) is 0 Å². The lowest BCUT2D eigenvalue weighted by molar-refractivity contribution is -0.139. The first kappa shape index (κ1) is 34.0. The Bertz CT molecular complexity index is 1530. The fourth-order valence-electron chi connectivity index (χ4n) is 4.46. The van der Waals surface area contributed by atoms with Gasteiger partial charge in [-0.2, -0.15) is 0 Å². The van der Waals surface area contributed by atoms with Gasteiger partial charge < -0.3 is 29.2 Å². The maximum atomic E-state index is 14.2. The molecule has 1 N–H and O–H groups in total. The van der Waals surface area contributed by atoms with Crippen LogP contribution in [-0.2, 0) is 26.2 Å². The number of carbonyl (C=O) groups is 2. The number of hydrogen-bond donors (Lipinski definition) is 1. The highest BCUT2D eigenvalue weighted by molar-refractivity contribution is 7.92. The summed E-state index contributed by atoms with van der Waals surface area (Å²) in [6.07, 6.45) is 0. The van der Waals surface area contributed by atoms with Crippen molar-refractivity contribution in [3.63, 3.8) is 0 Å². The number of amides is 2. The lowest BCUT2D eigenvalue weighted by atomic mass is 10.1. The van der Waals surface area contributed by atoms with Gasteiger partial charge in [0.05, 0.1) is 38.5 Å². The number of rotatable bonds is 15. The second-order valence-corrected chi connectivity index (χ2v) is 12.0. The van der Waals surface area contributed by atoms with E-state index in [0.717, 1.165) is 4.31 Å². The Labute approximate surface area is 259 Å². The summed E-state index contributed by atoms with van der Waals surface area (Å²) in [6, 6.07) is 16.7. The molecule has 3 aromatic rings. The van der Waals surface area contributed by atoms with Crippen molar-refractivity contribution in [1.82, 2.24) is 10.2 Å². The molecule has 11 nitrogen and oxygen atoms in total. The number of methoxy groups -OCH3 is 3. The zero-order valence-corrected chi connectivity index (χ0v) is 27.0. The van der Waals surface area contributed by atoms with Gasteiger partial charge in [-0.3, -0.25) is 13.9 Å². The Hall–Kier alpha value is -4.45. The molecule has 0 saturated heterocycles. The third kappa shape index (κ3) is 8.34. The fourth-order valence-corrected chi connectivity index (χ4v) is 5.89. The van der Waals surface area contributed by atoms with E-state index in [9.17, 15) is 18.0 Å². The van der Waals surface area contributed by atoms with Gasteiger partial charge in [-0.25, -0.2) is 8.42 Å². The van der Waals surface area contributed by atoms with Gasteiger partial charge in [-0.05, 0) is 81.8 Å². The summed E-state index contributed by atoms with van der Waals surface area (Å²) in [4.78, 5) is 28.5. The van der Waals surface area contributed by atoms with E-state index in [2.05, 4.69) is 5.32 Å². The molecule has 0 aliphatic carbocycles. The van der Waals surface area contributed by atoms with Crippen molar-refractivity contribution in [2.24, 2.45) is 0 Å². The first-order chi connectivity index (χ1) is 20.9. The molecule has 0 fully saturated rings. The average molecular weight is 628 g/mol. The predicted octanol–water partition coefficient (Wildman–Crippen LogP) is 4.25. The van der Waals surface area contributed by atoms with Crippen molar-refractivity contribution >= 4 is 27.5 Å². The van der Waals surface area contributed by atoms with Gasteiger partial charge in [0, 0.05) is 18.7 Å². The summed E-state index contributed by atoms with van der Waals surface area (Å²) in [6.45, 7) is 6.98. The van der Waals surface area contributed by atoms with Crippen molar-refractivity contribution in [3.05, 3.63) is 72.3 Å². The van der Waals surface area contributed by atoms with Crippen LogP contribution in [-0.4, -0.2) is 71.7 Å². The highest BCUT2D eigenvalue weighted by Crippen LogP contribution is 2.33. The minimum absolute atomic E-state index is 0.0379. The number of carbonyl (C=O) groups excluding carboxylic acids is 2. The van der Waals surface area contributed by atoms with E-state index in [0.29, 0.717) is 29.4 Å². The molecule has 0 aliphatic rings. The third-order valence-corrected chi connectivity index (χ3v) is 8.51. The summed E-state index contributed by atoms with van der Waals surface area (Å²) in [7, 11) is 0.0649. The Morgan fingerprint density at radius 3 is 2.11 bits per heavy atom. The van der Waals surface area contributed by atoms with Gasteiger partial charge in [-0.1, -0.05) is 12.1 Å². The molecule has 3 rings (SSSR count). The molecule has 0 saturated carbocycles. The van der Waals surface area contributed by atoms with Gasteiger partial charge in [-0.15, -0.1) is 0 Å². The van der Waals surface area contributed by atoms with E-state index in [1.165, 1.54) is 44.4 Å². The maximum absolute atomic E-state index is 14.2. The van der Waals surface area contributed by atoms with Crippen LogP contribution in [0.2, 0.25) is 0 Å². The number of anilines is 1. The normalized spacial score (nSPS) is 11.8. The van der Waals surface area contributed by atoms with E-state index >= 15 is 0 Å². The van der Waals surface area contributed by atoms with Gasteiger partial charge in [0.25, 0.3) is 10.0 Å². The first-order valence-corrected chi connectivity index (χ1v) is 15.6. The maximum Gasteiger partial charge on any atom is 0.264 e. The monoisotopic (exact) mass is 627 g/mol. The standard InChI is InChI=1S/C32H41N3O8S/c1-8-43-26-14-12-25(13-15-26)35(44(38,39)28-16-17-29(41-6)30(19-28)42-7)21-31(36)34(23(4)32(37)33-22(2)3)20-24-10-9-11-27(18-24)40-5/h9-19,22-23H,8,20-21H2,1-7H3,(H,33,37)/t23-/m0/s1. The molecule has 2 amide bonds. The smallest absolute Gasteiger partial charge is 0.264 e. The van der Waals surface area contributed by atoms with E-state index in [1.54, 1.807) is 55.5 Å². The van der Waals surface area contributed by atoms with Crippen LogP contribution in [0.1, 0.15) is 33.3 Å². The topological polar surface area (TPSA) is 124 Å². The minimum Gasteiger partial charge on any atom is -0.497 e. The third-order valence-electron chi connectivity index (χ3n) is 6.74. The molecule has 1 atom stereocenters. The van der Waals surface area contributed by atoms with Gasteiger partial charge >= 0.3 is 0 Å². The molecule has 3 aromatic carbocycles. The lowest BCUT2D eigenvalue weighted by Gasteiger charge is -2.32. The van der Waals surface area contributed by atoms with Crippen molar-refractivity contribution in [3.8, 4) is 23.0 Å².